The molecule has 0 amide bonds. The predicted molar refractivity (Wildman–Crippen MR) is 67.8 cm³/mol. The minimum Gasteiger partial charge on any atom is -0.383 e. The van der Waals surface area contributed by atoms with E-state index in [-0.39, 0.29) is 5.78 Å². The Balaban J connectivity index is 2.86. The molecule has 0 aliphatic rings. The van der Waals surface area contributed by atoms with Gasteiger partial charge in [-0.25, -0.2) is 0 Å². The summed E-state index contributed by atoms with van der Waals surface area (Å²) in [5, 5.41) is 4.21. The van der Waals surface area contributed by atoms with Crippen LogP contribution in [0, 0.1) is 3.70 Å². The molecular formula is C10H14IN3O. The van der Waals surface area contributed by atoms with Crippen molar-refractivity contribution in [3.05, 3.63) is 27.7 Å². The van der Waals surface area contributed by atoms with Gasteiger partial charge >= 0.3 is 0 Å². The van der Waals surface area contributed by atoms with Crippen LogP contribution >= 0.6 is 22.6 Å². The lowest BCUT2D eigenvalue weighted by Crippen LogP contribution is -2.03. The van der Waals surface area contributed by atoms with Gasteiger partial charge in [0.25, 0.3) is 0 Å². The van der Waals surface area contributed by atoms with Crippen LogP contribution in [0.5, 0.6) is 0 Å². The highest BCUT2D eigenvalue weighted by Gasteiger charge is 2.11. The maximum Gasteiger partial charge on any atom is 0.191 e. The summed E-state index contributed by atoms with van der Waals surface area (Å²) in [4.78, 5) is 13.6. The largest absolute Gasteiger partial charge is 0.383 e. The molecule has 0 aromatic carbocycles. The van der Waals surface area contributed by atoms with Crippen LogP contribution in [-0.2, 0) is 6.54 Å². The number of nitrogens with zero attached hydrogens (tertiary/aromatic N) is 3. The zero-order chi connectivity index (χ0) is 11.4. The molecule has 82 valence electrons. The van der Waals surface area contributed by atoms with Crippen molar-refractivity contribution in [2.24, 2.45) is 0 Å². The first-order valence-electron chi connectivity index (χ1n) is 4.66. The minimum atomic E-state index is -0.00667. The molecule has 1 rings (SSSR count). The summed E-state index contributed by atoms with van der Waals surface area (Å²) in [5.41, 5.74) is 0.663. The van der Waals surface area contributed by atoms with Gasteiger partial charge in [0, 0.05) is 39.1 Å². The first-order valence-corrected chi connectivity index (χ1v) is 5.74. The molecule has 15 heavy (non-hydrogen) atoms. The Morgan fingerprint density at radius 3 is 2.80 bits per heavy atom. The molecule has 0 spiro atoms. The van der Waals surface area contributed by atoms with Crippen molar-refractivity contribution in [2.45, 2.75) is 13.5 Å². The van der Waals surface area contributed by atoms with E-state index in [2.05, 4.69) is 27.7 Å². The Kier molecular flexibility index (Phi) is 4.31. The van der Waals surface area contributed by atoms with E-state index in [0.717, 1.165) is 10.2 Å². The lowest BCUT2D eigenvalue weighted by atomic mass is 10.2. The van der Waals surface area contributed by atoms with Gasteiger partial charge in [-0.05, 0) is 29.5 Å². The number of carbonyl (C=O) groups excluding carboxylic acids is 1. The Morgan fingerprint density at radius 2 is 2.33 bits per heavy atom. The molecule has 0 unspecified atom stereocenters. The number of allylic oxidation sites excluding steroid dienone is 1. The van der Waals surface area contributed by atoms with E-state index in [0.29, 0.717) is 5.56 Å². The summed E-state index contributed by atoms with van der Waals surface area (Å²) >= 11 is 2.08. The second-order valence-corrected chi connectivity index (χ2v) is 4.35. The van der Waals surface area contributed by atoms with Crippen LogP contribution in [0.3, 0.4) is 0 Å². The molecular weight excluding hydrogens is 305 g/mol. The topological polar surface area (TPSA) is 38.1 Å². The number of rotatable bonds is 4. The summed E-state index contributed by atoms with van der Waals surface area (Å²) in [6, 6.07) is 0. The van der Waals surface area contributed by atoms with Crippen molar-refractivity contribution in [1.82, 2.24) is 14.7 Å². The average molecular weight is 319 g/mol. The number of halogens is 1. The van der Waals surface area contributed by atoms with E-state index >= 15 is 0 Å². The standard InChI is InChI=1S/C10H14IN3O/c1-4-14-7-8(10(11)12-14)9(15)5-6-13(2)3/h5-7H,4H2,1-3H3. The zero-order valence-electron chi connectivity index (χ0n) is 9.07. The molecule has 0 fully saturated rings. The number of carbonyl (C=O) groups is 1. The highest BCUT2D eigenvalue weighted by Crippen LogP contribution is 2.11. The minimum absolute atomic E-state index is 0.00667. The van der Waals surface area contributed by atoms with Gasteiger partial charge in [-0.2, -0.15) is 5.10 Å². The number of hydrogen-bond donors (Lipinski definition) is 0. The lowest BCUT2D eigenvalue weighted by Gasteiger charge is -2.01. The fourth-order valence-electron chi connectivity index (χ4n) is 1.03. The van der Waals surface area contributed by atoms with Crippen molar-refractivity contribution in [3.8, 4) is 0 Å². The summed E-state index contributed by atoms with van der Waals surface area (Å²) < 4.78 is 2.52. The first kappa shape index (κ1) is 12.2. The molecule has 1 aromatic rings. The quantitative estimate of drug-likeness (QED) is 0.482. The third kappa shape index (κ3) is 3.33. The van der Waals surface area contributed by atoms with Gasteiger partial charge in [0.1, 0.15) is 3.70 Å². The van der Waals surface area contributed by atoms with Crippen LogP contribution < -0.4 is 0 Å². The average Bonchev–Trinajstić information content (AvgIpc) is 2.56. The Hall–Kier alpha value is -0.850. The van der Waals surface area contributed by atoms with Gasteiger partial charge < -0.3 is 4.90 Å². The molecule has 1 aromatic heterocycles. The van der Waals surface area contributed by atoms with Crippen LogP contribution in [-0.4, -0.2) is 34.6 Å². The lowest BCUT2D eigenvalue weighted by molar-refractivity contribution is 0.104. The fourth-order valence-corrected chi connectivity index (χ4v) is 1.71. The van der Waals surface area contributed by atoms with Crippen LogP contribution in [0.1, 0.15) is 17.3 Å². The van der Waals surface area contributed by atoms with E-state index in [1.54, 1.807) is 23.2 Å². The molecule has 4 nitrogen and oxygen atoms in total. The second-order valence-electron chi connectivity index (χ2n) is 3.33. The summed E-state index contributed by atoms with van der Waals surface area (Å²) in [6.45, 7) is 2.77. The molecule has 0 aliphatic carbocycles. The van der Waals surface area contributed by atoms with Gasteiger partial charge in [-0.15, -0.1) is 0 Å². The van der Waals surface area contributed by atoms with Gasteiger partial charge in [-0.3, -0.25) is 9.48 Å². The molecule has 0 saturated carbocycles. The van der Waals surface area contributed by atoms with Crippen LogP contribution in [0.4, 0.5) is 0 Å². The molecule has 0 aliphatic heterocycles. The molecule has 0 N–H and O–H groups in total. The van der Waals surface area contributed by atoms with E-state index in [1.807, 2.05) is 25.9 Å². The summed E-state index contributed by atoms with van der Waals surface area (Å²) in [5.74, 6) is -0.00667. The van der Waals surface area contributed by atoms with Crippen LogP contribution in [0.25, 0.3) is 0 Å². The summed E-state index contributed by atoms with van der Waals surface area (Å²) in [6.07, 6.45) is 5.07. The molecule has 0 radical (unpaired) electrons. The van der Waals surface area contributed by atoms with Crippen molar-refractivity contribution in [1.29, 1.82) is 0 Å². The predicted octanol–water partition coefficient (Wildman–Crippen LogP) is 1.77. The molecule has 1 heterocycles. The second kappa shape index (κ2) is 5.29. The van der Waals surface area contributed by atoms with E-state index in [9.17, 15) is 4.79 Å². The number of aryl methyl sites for hydroxylation is 1. The fraction of sp³-hybridized carbons (Fsp3) is 0.400. The third-order valence-electron chi connectivity index (χ3n) is 1.83. The molecule has 0 bridgehead atoms. The highest BCUT2D eigenvalue weighted by molar-refractivity contribution is 14.1. The van der Waals surface area contributed by atoms with E-state index in [1.165, 1.54) is 0 Å². The van der Waals surface area contributed by atoms with E-state index < -0.39 is 0 Å². The maximum atomic E-state index is 11.7. The number of hydrogen-bond acceptors (Lipinski definition) is 3. The zero-order valence-corrected chi connectivity index (χ0v) is 11.2. The van der Waals surface area contributed by atoms with Gasteiger partial charge in [-0.1, -0.05) is 0 Å². The van der Waals surface area contributed by atoms with E-state index in [4.69, 9.17) is 0 Å². The molecule has 0 atom stereocenters. The maximum absolute atomic E-state index is 11.7. The van der Waals surface area contributed by atoms with Crippen LogP contribution in [0.2, 0.25) is 0 Å². The molecule has 0 saturated heterocycles. The SMILES string of the molecule is CCn1cc(C(=O)C=CN(C)C)c(I)n1. The first-order chi connectivity index (χ1) is 7.04. The van der Waals surface area contributed by atoms with Crippen molar-refractivity contribution < 1.29 is 4.79 Å². The van der Waals surface area contributed by atoms with Gasteiger partial charge in [0.15, 0.2) is 5.78 Å². The number of ketones is 1. The smallest absolute Gasteiger partial charge is 0.191 e. The highest BCUT2D eigenvalue weighted by atomic mass is 127. The Labute approximate surface area is 103 Å². The monoisotopic (exact) mass is 319 g/mol. The van der Waals surface area contributed by atoms with Crippen molar-refractivity contribution >= 4 is 28.4 Å². The van der Waals surface area contributed by atoms with Gasteiger partial charge in [0.2, 0.25) is 0 Å². The van der Waals surface area contributed by atoms with Crippen LogP contribution in [0.15, 0.2) is 18.5 Å². The Morgan fingerprint density at radius 1 is 1.67 bits per heavy atom. The number of aromatic nitrogens is 2. The van der Waals surface area contributed by atoms with Gasteiger partial charge in [0.05, 0.1) is 5.56 Å². The van der Waals surface area contributed by atoms with Crippen molar-refractivity contribution in [3.63, 3.8) is 0 Å². The normalized spacial score (nSPS) is 10.9. The van der Waals surface area contributed by atoms with Crippen molar-refractivity contribution in [2.75, 3.05) is 14.1 Å². The Bertz CT molecular complexity index is 382. The summed E-state index contributed by atoms with van der Waals surface area (Å²) in [7, 11) is 3.76. The molecule has 5 heteroatoms. The third-order valence-corrected chi connectivity index (χ3v) is 2.63.